The first-order valence-corrected chi connectivity index (χ1v) is 4.61. The summed E-state index contributed by atoms with van der Waals surface area (Å²) in [5.41, 5.74) is 0. The van der Waals surface area contributed by atoms with Gasteiger partial charge in [-0.15, -0.1) is 23.2 Å². The Morgan fingerprint density at radius 2 is 2.30 bits per heavy atom. The van der Waals surface area contributed by atoms with Crippen molar-refractivity contribution >= 4 is 23.2 Å². The second-order valence-electron chi connectivity index (χ2n) is 2.64. The third kappa shape index (κ3) is 3.65. The Labute approximate surface area is 71.6 Å². The van der Waals surface area contributed by atoms with Gasteiger partial charge in [-0.25, -0.2) is 0 Å². The normalized spacial score (nSPS) is 26.4. The Hall–Kier alpha value is 0.540. The summed E-state index contributed by atoms with van der Waals surface area (Å²) in [6, 6.07) is 0. The minimum atomic E-state index is 0.153. The van der Waals surface area contributed by atoms with E-state index in [0.29, 0.717) is 12.0 Å². The summed E-state index contributed by atoms with van der Waals surface area (Å²) in [7, 11) is 0. The highest BCUT2D eigenvalue weighted by atomic mass is 35.5. The van der Waals surface area contributed by atoms with Crippen molar-refractivity contribution in [2.45, 2.75) is 30.7 Å². The zero-order valence-corrected chi connectivity index (χ0v) is 7.37. The van der Waals surface area contributed by atoms with Gasteiger partial charge in [-0.3, -0.25) is 0 Å². The van der Waals surface area contributed by atoms with Crippen LogP contribution < -0.4 is 0 Å². The second-order valence-corrected chi connectivity index (χ2v) is 3.56. The monoisotopic (exact) mass is 182 g/mol. The third-order valence-corrected chi connectivity index (χ3v) is 2.52. The molecule has 0 N–H and O–H groups in total. The number of alkyl halides is 2. The van der Waals surface area contributed by atoms with Crippen LogP contribution in [0.3, 0.4) is 0 Å². The molecule has 0 aromatic rings. The smallest absolute Gasteiger partial charge is 0.0810 e. The van der Waals surface area contributed by atoms with Crippen LogP contribution in [0.25, 0.3) is 0 Å². The highest BCUT2D eigenvalue weighted by Crippen LogP contribution is 2.18. The van der Waals surface area contributed by atoms with Crippen molar-refractivity contribution in [1.82, 2.24) is 0 Å². The molecule has 0 spiro atoms. The molecule has 1 nitrogen and oxygen atoms in total. The van der Waals surface area contributed by atoms with E-state index in [2.05, 4.69) is 0 Å². The van der Waals surface area contributed by atoms with Gasteiger partial charge in [0, 0.05) is 11.3 Å². The molecule has 1 heterocycles. The number of hydrogen-bond donors (Lipinski definition) is 0. The van der Waals surface area contributed by atoms with Gasteiger partial charge in [0.15, 0.2) is 0 Å². The van der Waals surface area contributed by atoms with E-state index < -0.39 is 0 Å². The lowest BCUT2D eigenvalue weighted by atomic mass is 10.2. The summed E-state index contributed by atoms with van der Waals surface area (Å²) >= 11 is 11.3. The molecule has 0 saturated carbocycles. The summed E-state index contributed by atoms with van der Waals surface area (Å²) in [6.07, 6.45) is 3.86. The first-order valence-electron chi connectivity index (χ1n) is 3.64. The average Bonchev–Trinajstić information content (AvgIpc) is 2.71. The fourth-order valence-electron chi connectivity index (χ4n) is 0.879. The first kappa shape index (κ1) is 8.63. The van der Waals surface area contributed by atoms with Crippen LogP contribution in [0.4, 0.5) is 0 Å². The Morgan fingerprint density at radius 3 is 2.80 bits per heavy atom. The molecule has 0 unspecified atom stereocenters. The fourth-order valence-corrected chi connectivity index (χ4v) is 1.19. The van der Waals surface area contributed by atoms with Crippen LogP contribution >= 0.6 is 23.2 Å². The van der Waals surface area contributed by atoms with Crippen LogP contribution in [0.2, 0.25) is 0 Å². The molecule has 3 heteroatoms. The molecule has 0 bridgehead atoms. The van der Waals surface area contributed by atoms with Crippen molar-refractivity contribution in [3.63, 3.8) is 0 Å². The molecule has 1 aliphatic heterocycles. The van der Waals surface area contributed by atoms with Crippen LogP contribution in [0.1, 0.15) is 19.3 Å². The largest absolute Gasteiger partial charge is 0.373 e. The van der Waals surface area contributed by atoms with Crippen LogP contribution in [0.15, 0.2) is 0 Å². The number of hydrogen-bond acceptors (Lipinski definition) is 1. The van der Waals surface area contributed by atoms with Gasteiger partial charge < -0.3 is 4.74 Å². The SMILES string of the molecule is ClC[C@H](Cl)CCC[C@H]1CO1. The molecule has 0 amide bonds. The summed E-state index contributed by atoms with van der Waals surface area (Å²) in [6.45, 7) is 0.952. The maximum absolute atomic E-state index is 5.80. The van der Waals surface area contributed by atoms with Gasteiger partial charge in [0.1, 0.15) is 0 Å². The Kier molecular flexibility index (Phi) is 3.82. The maximum atomic E-state index is 5.80. The van der Waals surface area contributed by atoms with Crippen molar-refractivity contribution in [3.8, 4) is 0 Å². The Bertz CT molecular complexity index is 93.6. The van der Waals surface area contributed by atoms with Crippen LogP contribution in [0.5, 0.6) is 0 Å². The topological polar surface area (TPSA) is 12.5 Å². The van der Waals surface area contributed by atoms with E-state index in [0.717, 1.165) is 25.9 Å². The quantitative estimate of drug-likeness (QED) is 0.471. The highest BCUT2D eigenvalue weighted by Gasteiger charge is 2.21. The van der Waals surface area contributed by atoms with E-state index in [1.54, 1.807) is 0 Å². The zero-order chi connectivity index (χ0) is 7.40. The molecule has 0 aliphatic carbocycles. The van der Waals surface area contributed by atoms with Crippen molar-refractivity contribution in [3.05, 3.63) is 0 Å². The van der Waals surface area contributed by atoms with Gasteiger partial charge in [-0.05, 0) is 19.3 Å². The van der Waals surface area contributed by atoms with E-state index in [1.165, 1.54) is 0 Å². The molecular weight excluding hydrogens is 171 g/mol. The number of epoxide rings is 1. The van der Waals surface area contributed by atoms with Crippen LogP contribution in [-0.4, -0.2) is 24.0 Å². The van der Waals surface area contributed by atoms with Crippen molar-refractivity contribution in [2.75, 3.05) is 12.5 Å². The second kappa shape index (κ2) is 4.42. The number of halogens is 2. The molecule has 2 atom stereocenters. The van der Waals surface area contributed by atoms with Crippen molar-refractivity contribution in [2.24, 2.45) is 0 Å². The fraction of sp³-hybridized carbons (Fsp3) is 1.00. The standard InChI is InChI=1S/C7H12Cl2O/c8-4-6(9)2-1-3-7-5-10-7/h6-7H,1-5H2/t6-,7+/m1/s1. The Morgan fingerprint density at radius 1 is 1.60 bits per heavy atom. The molecule has 1 saturated heterocycles. The van der Waals surface area contributed by atoms with Crippen LogP contribution in [0, 0.1) is 0 Å². The minimum Gasteiger partial charge on any atom is -0.373 e. The summed E-state index contributed by atoms with van der Waals surface area (Å²) in [5.74, 6) is 0.563. The lowest BCUT2D eigenvalue weighted by molar-refractivity contribution is 0.389. The molecular formula is C7H12Cl2O. The lowest BCUT2D eigenvalue weighted by Gasteiger charge is -2.02. The van der Waals surface area contributed by atoms with Gasteiger partial charge in [-0.1, -0.05) is 0 Å². The van der Waals surface area contributed by atoms with E-state index in [-0.39, 0.29) is 5.38 Å². The van der Waals surface area contributed by atoms with Gasteiger partial charge in [0.25, 0.3) is 0 Å². The molecule has 10 heavy (non-hydrogen) atoms. The predicted octanol–water partition coefficient (Wildman–Crippen LogP) is 2.40. The molecule has 0 aromatic heterocycles. The van der Waals surface area contributed by atoms with Crippen molar-refractivity contribution in [1.29, 1.82) is 0 Å². The zero-order valence-electron chi connectivity index (χ0n) is 5.85. The predicted molar refractivity (Wildman–Crippen MR) is 44.0 cm³/mol. The molecule has 0 radical (unpaired) electrons. The first-order chi connectivity index (χ1) is 4.83. The maximum Gasteiger partial charge on any atom is 0.0810 e. The van der Waals surface area contributed by atoms with Gasteiger partial charge >= 0.3 is 0 Å². The van der Waals surface area contributed by atoms with E-state index in [9.17, 15) is 0 Å². The van der Waals surface area contributed by atoms with Crippen molar-refractivity contribution < 1.29 is 4.74 Å². The molecule has 60 valence electrons. The third-order valence-electron chi connectivity index (χ3n) is 1.61. The summed E-state index contributed by atoms with van der Waals surface area (Å²) in [4.78, 5) is 0. The van der Waals surface area contributed by atoms with Gasteiger partial charge in [0.05, 0.1) is 12.7 Å². The molecule has 1 aliphatic rings. The summed E-state index contributed by atoms with van der Waals surface area (Å²) in [5, 5.41) is 0.153. The minimum absolute atomic E-state index is 0.153. The lowest BCUT2D eigenvalue weighted by Crippen LogP contribution is -2.00. The number of ether oxygens (including phenoxy) is 1. The van der Waals surface area contributed by atoms with Gasteiger partial charge in [-0.2, -0.15) is 0 Å². The van der Waals surface area contributed by atoms with E-state index in [4.69, 9.17) is 27.9 Å². The van der Waals surface area contributed by atoms with Crippen LogP contribution in [-0.2, 0) is 4.74 Å². The van der Waals surface area contributed by atoms with E-state index in [1.807, 2.05) is 0 Å². The molecule has 1 fully saturated rings. The number of rotatable bonds is 5. The van der Waals surface area contributed by atoms with Gasteiger partial charge in [0.2, 0.25) is 0 Å². The average molecular weight is 183 g/mol. The summed E-state index contributed by atoms with van der Waals surface area (Å²) < 4.78 is 5.05. The van der Waals surface area contributed by atoms with E-state index >= 15 is 0 Å². The molecule has 1 rings (SSSR count). The highest BCUT2D eigenvalue weighted by molar-refractivity contribution is 6.28. The molecule has 0 aromatic carbocycles. The Balaban J connectivity index is 1.83.